The Bertz CT molecular complexity index is 491. The molecule has 0 aliphatic heterocycles. The van der Waals surface area contributed by atoms with Crippen molar-refractivity contribution < 1.29 is 4.74 Å². The molecule has 2 aromatic rings. The number of benzene rings is 1. The smallest absolute Gasteiger partial charge is 0.177 e. The van der Waals surface area contributed by atoms with Gasteiger partial charge in [-0.05, 0) is 23.8 Å². The Balaban J connectivity index is 2.28. The van der Waals surface area contributed by atoms with Crippen LogP contribution in [0.15, 0.2) is 24.3 Å². The highest BCUT2D eigenvalue weighted by Crippen LogP contribution is 2.37. The summed E-state index contributed by atoms with van der Waals surface area (Å²) >= 11 is 1.74. The third kappa shape index (κ3) is 2.38. The Hall–Kier alpha value is -1.02. The summed E-state index contributed by atoms with van der Waals surface area (Å²) in [7, 11) is 0. The van der Waals surface area contributed by atoms with Crippen LogP contribution >= 0.6 is 11.3 Å². The second kappa shape index (κ2) is 4.10. The molecule has 0 amide bonds. The molecule has 86 valence electrons. The summed E-state index contributed by atoms with van der Waals surface area (Å²) in [6.07, 6.45) is 0. The molecule has 0 radical (unpaired) electrons. The average Bonchev–Trinajstić information content (AvgIpc) is 2.53. The lowest BCUT2D eigenvalue weighted by Gasteiger charge is -2.18. The first-order chi connectivity index (χ1) is 7.47. The van der Waals surface area contributed by atoms with Crippen molar-refractivity contribution in [2.24, 2.45) is 5.41 Å². The maximum Gasteiger partial charge on any atom is 0.177 e. The molecule has 1 aromatic carbocycles. The Morgan fingerprint density at radius 2 is 1.88 bits per heavy atom. The van der Waals surface area contributed by atoms with Gasteiger partial charge in [0.25, 0.3) is 0 Å². The third-order valence-electron chi connectivity index (χ3n) is 2.44. The molecule has 0 unspecified atom stereocenters. The van der Waals surface area contributed by atoms with Crippen LogP contribution in [0.25, 0.3) is 10.1 Å². The molecule has 16 heavy (non-hydrogen) atoms. The van der Waals surface area contributed by atoms with Crippen LogP contribution in [0.3, 0.4) is 0 Å². The predicted octanol–water partition coefficient (Wildman–Crippen LogP) is 4.63. The molecule has 0 spiro atoms. The summed E-state index contributed by atoms with van der Waals surface area (Å²) in [4.78, 5) is 0. The van der Waals surface area contributed by atoms with Crippen molar-refractivity contribution in [1.29, 1.82) is 0 Å². The van der Waals surface area contributed by atoms with E-state index in [2.05, 4.69) is 52.0 Å². The molecule has 0 atom stereocenters. The Morgan fingerprint density at radius 1 is 1.19 bits per heavy atom. The fraction of sp³-hybridized carbons (Fsp3) is 0.429. The number of ether oxygens (including phenoxy) is 1. The fourth-order valence-electron chi connectivity index (χ4n) is 1.57. The van der Waals surface area contributed by atoms with Gasteiger partial charge in [-0.15, -0.1) is 0 Å². The molecule has 1 heterocycles. The van der Waals surface area contributed by atoms with Crippen molar-refractivity contribution in [3.63, 3.8) is 0 Å². The minimum atomic E-state index is 0.211. The first-order valence-electron chi connectivity index (χ1n) is 5.58. The SMILES string of the molecule is Cc1c(OCC(C)(C)C)sc2ccccc12. The third-order valence-corrected chi connectivity index (χ3v) is 3.62. The van der Waals surface area contributed by atoms with E-state index in [1.807, 2.05) is 0 Å². The first-order valence-corrected chi connectivity index (χ1v) is 6.40. The summed E-state index contributed by atoms with van der Waals surface area (Å²) in [6, 6.07) is 8.46. The lowest BCUT2D eigenvalue weighted by molar-refractivity contribution is 0.202. The van der Waals surface area contributed by atoms with Crippen molar-refractivity contribution in [3.8, 4) is 5.06 Å². The number of aryl methyl sites for hydroxylation is 1. The largest absolute Gasteiger partial charge is 0.483 e. The number of hydrogen-bond donors (Lipinski definition) is 0. The highest BCUT2D eigenvalue weighted by atomic mass is 32.1. The van der Waals surface area contributed by atoms with Crippen LogP contribution in [0.4, 0.5) is 0 Å². The fourth-order valence-corrected chi connectivity index (χ4v) is 2.63. The summed E-state index contributed by atoms with van der Waals surface area (Å²) in [6.45, 7) is 9.47. The van der Waals surface area contributed by atoms with Crippen molar-refractivity contribution in [2.75, 3.05) is 6.61 Å². The number of fused-ring (bicyclic) bond motifs is 1. The van der Waals surface area contributed by atoms with Gasteiger partial charge in [0.15, 0.2) is 5.06 Å². The van der Waals surface area contributed by atoms with Crippen molar-refractivity contribution in [2.45, 2.75) is 27.7 Å². The van der Waals surface area contributed by atoms with E-state index < -0.39 is 0 Å². The maximum atomic E-state index is 5.90. The summed E-state index contributed by atoms with van der Waals surface area (Å²) < 4.78 is 7.21. The standard InChI is InChI=1S/C14H18OS/c1-10-11-7-5-6-8-12(11)16-13(10)15-9-14(2,3)4/h5-8H,9H2,1-4H3. The molecule has 0 saturated heterocycles. The molecule has 0 saturated carbocycles. The van der Waals surface area contributed by atoms with E-state index in [1.54, 1.807) is 11.3 Å². The van der Waals surface area contributed by atoms with E-state index in [0.29, 0.717) is 0 Å². The van der Waals surface area contributed by atoms with Gasteiger partial charge in [0.2, 0.25) is 0 Å². The van der Waals surface area contributed by atoms with Crippen LogP contribution in [-0.2, 0) is 0 Å². The molecular weight excluding hydrogens is 216 g/mol. The normalized spacial score (nSPS) is 12.0. The van der Waals surface area contributed by atoms with Gasteiger partial charge in [-0.25, -0.2) is 0 Å². The van der Waals surface area contributed by atoms with Gasteiger partial charge < -0.3 is 4.74 Å². The van der Waals surface area contributed by atoms with Gasteiger partial charge in [-0.1, -0.05) is 50.3 Å². The van der Waals surface area contributed by atoms with Crippen molar-refractivity contribution >= 4 is 21.4 Å². The Kier molecular flexibility index (Phi) is 2.94. The van der Waals surface area contributed by atoms with Gasteiger partial charge in [0, 0.05) is 10.3 Å². The zero-order valence-corrected chi connectivity index (χ0v) is 11.1. The molecule has 0 aliphatic rings. The molecule has 2 heteroatoms. The molecule has 0 fully saturated rings. The molecular formula is C14H18OS. The van der Waals surface area contributed by atoms with Gasteiger partial charge in [0.1, 0.15) is 0 Å². The van der Waals surface area contributed by atoms with E-state index in [4.69, 9.17) is 4.74 Å². The Morgan fingerprint density at radius 3 is 2.50 bits per heavy atom. The van der Waals surface area contributed by atoms with E-state index in [9.17, 15) is 0 Å². The predicted molar refractivity (Wildman–Crippen MR) is 71.5 cm³/mol. The summed E-state index contributed by atoms with van der Waals surface area (Å²) in [5.74, 6) is 0. The van der Waals surface area contributed by atoms with Crippen molar-refractivity contribution in [1.82, 2.24) is 0 Å². The van der Waals surface area contributed by atoms with Crippen LogP contribution in [0.5, 0.6) is 5.06 Å². The van der Waals surface area contributed by atoms with Crippen LogP contribution < -0.4 is 4.74 Å². The van der Waals surface area contributed by atoms with Crippen LogP contribution in [0, 0.1) is 12.3 Å². The summed E-state index contributed by atoms with van der Waals surface area (Å²) in [5, 5.41) is 2.38. The lowest BCUT2D eigenvalue weighted by atomic mass is 9.99. The molecule has 1 nitrogen and oxygen atoms in total. The second-order valence-corrected chi connectivity index (χ2v) is 6.37. The lowest BCUT2D eigenvalue weighted by Crippen LogP contribution is -2.16. The Labute approximate surface area is 101 Å². The van der Waals surface area contributed by atoms with Crippen LogP contribution in [0.1, 0.15) is 26.3 Å². The zero-order valence-electron chi connectivity index (χ0n) is 10.3. The quantitative estimate of drug-likeness (QED) is 0.736. The monoisotopic (exact) mass is 234 g/mol. The second-order valence-electron chi connectivity index (χ2n) is 5.36. The molecule has 2 rings (SSSR count). The molecule has 0 bridgehead atoms. The van der Waals surface area contributed by atoms with E-state index >= 15 is 0 Å². The molecule has 0 N–H and O–H groups in total. The van der Waals surface area contributed by atoms with Crippen LogP contribution in [-0.4, -0.2) is 6.61 Å². The highest BCUT2D eigenvalue weighted by Gasteiger charge is 2.14. The molecule has 1 aromatic heterocycles. The van der Waals surface area contributed by atoms with Crippen LogP contribution in [0.2, 0.25) is 0 Å². The minimum Gasteiger partial charge on any atom is -0.483 e. The van der Waals surface area contributed by atoms with Gasteiger partial charge in [-0.3, -0.25) is 0 Å². The number of thiophene rings is 1. The first kappa shape index (κ1) is 11.5. The van der Waals surface area contributed by atoms with Gasteiger partial charge >= 0.3 is 0 Å². The minimum absolute atomic E-state index is 0.211. The summed E-state index contributed by atoms with van der Waals surface area (Å²) in [5.41, 5.74) is 1.48. The van der Waals surface area contributed by atoms with Gasteiger partial charge in [-0.2, -0.15) is 0 Å². The average molecular weight is 234 g/mol. The van der Waals surface area contributed by atoms with E-state index in [-0.39, 0.29) is 5.41 Å². The van der Waals surface area contributed by atoms with Crippen molar-refractivity contribution in [3.05, 3.63) is 29.8 Å². The maximum absolute atomic E-state index is 5.90. The zero-order chi connectivity index (χ0) is 11.8. The molecule has 0 aliphatic carbocycles. The number of rotatable bonds is 2. The number of hydrogen-bond acceptors (Lipinski definition) is 2. The van der Waals surface area contributed by atoms with E-state index in [1.165, 1.54) is 15.6 Å². The topological polar surface area (TPSA) is 9.23 Å². The van der Waals surface area contributed by atoms with Gasteiger partial charge in [0.05, 0.1) is 6.61 Å². The highest BCUT2D eigenvalue weighted by molar-refractivity contribution is 7.21. The van der Waals surface area contributed by atoms with E-state index in [0.717, 1.165) is 11.7 Å².